The van der Waals surface area contributed by atoms with E-state index in [1.165, 1.54) is 0 Å². The van der Waals surface area contributed by atoms with Gasteiger partial charge in [0.2, 0.25) is 0 Å². The summed E-state index contributed by atoms with van der Waals surface area (Å²) in [6.45, 7) is 0. The average Bonchev–Trinajstić information content (AvgIpc) is 3.59. The van der Waals surface area contributed by atoms with Crippen LogP contribution < -0.4 is 0 Å². The van der Waals surface area contributed by atoms with Crippen LogP contribution in [0.4, 0.5) is 0 Å². The molecular weight excluding hydrogens is 569 g/mol. The molecule has 47 heavy (non-hydrogen) atoms. The Kier molecular flexibility index (Phi) is 4.66. The molecule has 0 aliphatic rings. The van der Waals surface area contributed by atoms with Gasteiger partial charge in [0.05, 0.1) is 6.85 Å². The van der Waals surface area contributed by atoms with Gasteiger partial charge in [-0.05, 0) is 83.7 Å². The summed E-state index contributed by atoms with van der Waals surface area (Å²) < 4.78 is 52.0. The standard InChI is InChI=1S/C46H28O/c1-2-13-29(14-3-1)31-17-12-18-33(27-31)42-36-21-8-10-23-38(36)43(39-24-11-9-22-37(39)42)45-34-19-6-5-16-32(34)28-41-44(45)40-26-25-30-15-4-7-20-35(30)46(40)47-41/h1-28H/i5D,6D,16D,19D,28D. The van der Waals surface area contributed by atoms with Gasteiger partial charge in [-0.25, -0.2) is 0 Å². The minimum absolute atomic E-state index is 0.0519. The van der Waals surface area contributed by atoms with Crippen LogP contribution in [0.3, 0.4) is 0 Å². The molecule has 1 heteroatoms. The van der Waals surface area contributed by atoms with Gasteiger partial charge in [-0.2, -0.15) is 0 Å². The second-order valence-corrected chi connectivity index (χ2v) is 12.0. The summed E-state index contributed by atoms with van der Waals surface area (Å²) in [5, 5.41) is 7.69. The Hall–Kier alpha value is -6.18. The Labute approximate surface area is 279 Å². The van der Waals surface area contributed by atoms with Crippen LogP contribution in [0.25, 0.3) is 98.4 Å². The number of benzene rings is 9. The highest BCUT2D eigenvalue weighted by Gasteiger charge is 2.23. The van der Waals surface area contributed by atoms with Gasteiger partial charge in [0.1, 0.15) is 11.2 Å². The molecule has 10 aromatic rings. The molecule has 0 atom stereocenters. The van der Waals surface area contributed by atoms with Crippen LogP contribution in [0.5, 0.6) is 0 Å². The van der Waals surface area contributed by atoms with Crippen LogP contribution >= 0.6 is 0 Å². The van der Waals surface area contributed by atoms with E-state index in [1.54, 1.807) is 0 Å². The first-order chi connectivity index (χ1) is 25.4. The minimum atomic E-state index is -0.374. The summed E-state index contributed by atoms with van der Waals surface area (Å²) >= 11 is 0. The first kappa shape index (κ1) is 21.5. The molecule has 0 saturated heterocycles. The number of furan rings is 1. The zero-order valence-electron chi connectivity index (χ0n) is 30.2. The summed E-state index contributed by atoms with van der Waals surface area (Å²) in [7, 11) is 0. The maximum Gasteiger partial charge on any atom is 0.143 e. The lowest BCUT2D eigenvalue weighted by Gasteiger charge is -2.20. The molecule has 218 valence electrons. The van der Waals surface area contributed by atoms with Gasteiger partial charge >= 0.3 is 0 Å². The van der Waals surface area contributed by atoms with Gasteiger partial charge in [0.25, 0.3) is 0 Å². The van der Waals surface area contributed by atoms with Crippen molar-refractivity contribution in [1.82, 2.24) is 0 Å². The fourth-order valence-corrected chi connectivity index (χ4v) is 7.44. The SMILES string of the molecule is [2H]c1c([2H])c([2H])c2c(-c3c4ccccc4c(-c4cccc(-c5ccccc5)c4)c4ccccc34)c3c(oc4c5ccccc5ccc43)c([2H])c2c1[2H]. The smallest absolute Gasteiger partial charge is 0.143 e. The molecule has 0 aliphatic heterocycles. The van der Waals surface area contributed by atoms with Crippen molar-refractivity contribution >= 4 is 65.0 Å². The molecule has 1 aromatic heterocycles. The van der Waals surface area contributed by atoms with Gasteiger partial charge in [0.15, 0.2) is 0 Å². The van der Waals surface area contributed by atoms with Gasteiger partial charge in [-0.1, -0.05) is 152 Å². The summed E-state index contributed by atoms with van der Waals surface area (Å²) in [5.74, 6) is 0. The van der Waals surface area contributed by atoms with Crippen LogP contribution in [0.2, 0.25) is 0 Å². The zero-order chi connectivity index (χ0) is 35.2. The van der Waals surface area contributed by atoms with E-state index >= 15 is 0 Å². The van der Waals surface area contributed by atoms with Gasteiger partial charge < -0.3 is 4.42 Å². The van der Waals surface area contributed by atoms with Crippen LogP contribution in [0.1, 0.15) is 6.85 Å². The summed E-state index contributed by atoms with van der Waals surface area (Å²) in [4.78, 5) is 0. The highest BCUT2D eigenvalue weighted by Crippen LogP contribution is 2.50. The molecule has 0 N–H and O–H groups in total. The lowest BCUT2D eigenvalue weighted by molar-refractivity contribution is 0.673. The Morgan fingerprint density at radius 2 is 1.02 bits per heavy atom. The van der Waals surface area contributed by atoms with Crippen LogP contribution in [0.15, 0.2) is 174 Å². The number of rotatable bonds is 3. The predicted molar refractivity (Wildman–Crippen MR) is 200 cm³/mol. The Morgan fingerprint density at radius 1 is 0.404 bits per heavy atom. The topological polar surface area (TPSA) is 13.1 Å². The van der Waals surface area contributed by atoms with E-state index in [0.29, 0.717) is 27.5 Å². The van der Waals surface area contributed by atoms with E-state index < -0.39 is 0 Å². The van der Waals surface area contributed by atoms with Crippen LogP contribution in [0, 0.1) is 0 Å². The van der Waals surface area contributed by atoms with Crippen LogP contribution in [-0.4, -0.2) is 0 Å². The van der Waals surface area contributed by atoms with E-state index in [0.717, 1.165) is 65.5 Å². The summed E-state index contributed by atoms with van der Waals surface area (Å²) in [5.41, 5.74) is 6.79. The van der Waals surface area contributed by atoms with Crippen molar-refractivity contribution in [2.45, 2.75) is 0 Å². The third-order valence-corrected chi connectivity index (χ3v) is 9.45. The molecular formula is C46H28O. The molecule has 0 unspecified atom stereocenters. The van der Waals surface area contributed by atoms with E-state index in [2.05, 4.69) is 60.7 Å². The highest BCUT2D eigenvalue weighted by molar-refractivity contribution is 6.31. The summed E-state index contributed by atoms with van der Waals surface area (Å²) in [6.07, 6.45) is 0. The lowest BCUT2D eigenvalue weighted by Crippen LogP contribution is -1.92. The minimum Gasteiger partial charge on any atom is -0.455 e. The fraction of sp³-hybridized carbons (Fsp3) is 0. The molecule has 0 bridgehead atoms. The average molecular weight is 602 g/mol. The quantitative estimate of drug-likeness (QED) is 0.184. The highest BCUT2D eigenvalue weighted by atomic mass is 16.3. The lowest BCUT2D eigenvalue weighted by atomic mass is 9.83. The van der Waals surface area contributed by atoms with Gasteiger partial charge in [0, 0.05) is 21.7 Å². The Bertz CT molecular complexity index is 3070. The summed E-state index contributed by atoms with van der Waals surface area (Å²) in [6, 6.07) is 46.3. The largest absolute Gasteiger partial charge is 0.455 e. The van der Waals surface area contributed by atoms with Crippen molar-refractivity contribution < 1.29 is 11.3 Å². The molecule has 0 spiro atoms. The van der Waals surface area contributed by atoms with E-state index in [1.807, 2.05) is 78.9 Å². The van der Waals surface area contributed by atoms with E-state index in [4.69, 9.17) is 8.53 Å². The van der Waals surface area contributed by atoms with Gasteiger partial charge in [-0.3, -0.25) is 0 Å². The predicted octanol–water partition coefficient (Wildman–Crippen LogP) is 13.2. The molecule has 0 saturated carbocycles. The molecule has 0 radical (unpaired) electrons. The molecule has 0 fully saturated rings. The van der Waals surface area contributed by atoms with Crippen LogP contribution in [-0.2, 0) is 0 Å². The number of hydrogen-bond acceptors (Lipinski definition) is 1. The van der Waals surface area contributed by atoms with E-state index in [-0.39, 0.29) is 35.6 Å². The Morgan fingerprint density at radius 3 is 1.79 bits per heavy atom. The second-order valence-electron chi connectivity index (χ2n) is 12.0. The Balaban J connectivity index is 1.44. The molecule has 0 aliphatic carbocycles. The third kappa shape index (κ3) is 3.90. The van der Waals surface area contributed by atoms with Gasteiger partial charge in [-0.15, -0.1) is 0 Å². The first-order valence-electron chi connectivity index (χ1n) is 18.3. The van der Waals surface area contributed by atoms with Crippen molar-refractivity contribution in [2.75, 3.05) is 0 Å². The molecule has 1 heterocycles. The first-order valence-corrected chi connectivity index (χ1v) is 15.8. The monoisotopic (exact) mass is 601 g/mol. The van der Waals surface area contributed by atoms with Crippen molar-refractivity contribution in [3.8, 4) is 33.4 Å². The van der Waals surface area contributed by atoms with Crippen molar-refractivity contribution in [2.24, 2.45) is 0 Å². The zero-order valence-corrected chi connectivity index (χ0v) is 25.2. The molecule has 1 nitrogen and oxygen atoms in total. The second kappa shape index (κ2) is 10.2. The van der Waals surface area contributed by atoms with Crippen molar-refractivity contribution in [1.29, 1.82) is 0 Å². The maximum atomic E-state index is 9.46. The maximum absolute atomic E-state index is 9.46. The van der Waals surface area contributed by atoms with Crippen molar-refractivity contribution in [3.05, 3.63) is 170 Å². The fourth-order valence-electron chi connectivity index (χ4n) is 7.44. The third-order valence-electron chi connectivity index (χ3n) is 9.45. The molecule has 10 rings (SSSR count). The normalized spacial score (nSPS) is 13.3. The number of fused-ring (bicyclic) bond motifs is 8. The molecule has 0 amide bonds. The van der Waals surface area contributed by atoms with Crippen molar-refractivity contribution in [3.63, 3.8) is 0 Å². The van der Waals surface area contributed by atoms with E-state index in [9.17, 15) is 2.74 Å². The molecule has 9 aromatic carbocycles. The number of hydrogen-bond donors (Lipinski definition) is 0.